The van der Waals surface area contributed by atoms with E-state index in [1.54, 1.807) is 0 Å². The molecule has 9 rings (SSSR count). The third-order valence-electron chi connectivity index (χ3n) is 14.4. The van der Waals surface area contributed by atoms with Crippen molar-refractivity contribution in [2.24, 2.45) is 0 Å². The van der Waals surface area contributed by atoms with Crippen LogP contribution >= 0.6 is 0 Å². The fraction of sp³-hybridized carbons (Fsp3) is 0.357. The number of aromatic nitrogens is 8. The molecule has 4 aromatic carbocycles. The Balaban J connectivity index is 0.0000102. The number of carbonyl (C=O) groups is 4. The number of benzene rings is 4. The Morgan fingerprint density at radius 1 is 0.326 bits per heavy atom. The Morgan fingerprint density at radius 3 is 0.876 bits per heavy atom. The summed E-state index contributed by atoms with van der Waals surface area (Å²) in [5, 5.41) is 37.2. The molecule has 0 atom stereocenters. The van der Waals surface area contributed by atoms with Crippen molar-refractivity contribution in [2.45, 2.75) is 122 Å². The molecular formula is C56H62N12O16S4Zn+2. The SMILES string of the molecule is O=C(O)CCCCCNS(=O)(=O)c1ccc2c(c1)-c1nc-2nc2[nH]c(nc3nc(nc4[nH]c(n1)c1ccc(S(=O)(=O)NCCCCCC(=O)O)cc41)-c1ccc(S(=O)(=O)NCCCCCC(=O)O)cc1-3)c1ccc(S(=O)(=O)NCCCCCC(=O)O)cc21.[Zn+2]. The molecule has 3 aromatic heterocycles. The number of hydrogen-bond donors (Lipinski definition) is 10. The van der Waals surface area contributed by atoms with Gasteiger partial charge in [0.05, 0.1) is 19.6 Å². The predicted octanol–water partition coefficient (Wildman–Crippen LogP) is 6.56. The number of carboxylic acid groups (broad SMARTS) is 4. The molecule has 33 heteroatoms. The van der Waals surface area contributed by atoms with Crippen LogP contribution < -0.4 is 18.9 Å². The summed E-state index contributed by atoms with van der Waals surface area (Å²) in [6.07, 6.45) is 4.26. The summed E-state index contributed by atoms with van der Waals surface area (Å²) in [5.74, 6) is -4.12. The average molecular weight is 1350 g/mol. The zero-order valence-electron chi connectivity index (χ0n) is 47.8. The van der Waals surface area contributed by atoms with Gasteiger partial charge in [0.15, 0.2) is 23.3 Å². The fourth-order valence-electron chi connectivity index (χ4n) is 9.85. The third kappa shape index (κ3) is 16.6. The van der Waals surface area contributed by atoms with Crippen LogP contribution in [-0.4, -0.2) is 144 Å². The van der Waals surface area contributed by atoms with Gasteiger partial charge in [-0.05, 0) is 124 Å². The second-order valence-corrected chi connectivity index (χ2v) is 27.9. The van der Waals surface area contributed by atoms with Gasteiger partial charge in [-0.15, -0.1) is 0 Å². The van der Waals surface area contributed by atoms with Crippen LogP contribution in [0.5, 0.6) is 0 Å². The number of rotatable bonds is 32. The molecule has 0 radical (unpaired) electrons. The predicted molar refractivity (Wildman–Crippen MR) is 321 cm³/mol. The van der Waals surface area contributed by atoms with Gasteiger partial charge in [0.25, 0.3) is 0 Å². The molecule has 7 aromatic rings. The van der Waals surface area contributed by atoms with Crippen LogP contribution in [0, 0.1) is 0 Å². The second-order valence-electron chi connectivity index (χ2n) is 20.8. The normalized spacial score (nSPS) is 12.4. The summed E-state index contributed by atoms with van der Waals surface area (Å²) < 4.78 is 121. The van der Waals surface area contributed by atoms with Crippen LogP contribution in [-0.2, 0) is 78.7 Å². The second kappa shape index (κ2) is 28.9. The number of hydrogen-bond acceptors (Lipinski definition) is 18. The Bertz CT molecular complexity index is 4260. The molecule has 0 spiro atoms. The van der Waals surface area contributed by atoms with E-state index in [4.69, 9.17) is 50.3 Å². The first-order valence-electron chi connectivity index (χ1n) is 28.1. The summed E-state index contributed by atoms with van der Waals surface area (Å²) in [6.45, 7) is -0.0121. The standard InChI is InChI=1S/C56H62N12O16S4.Zn/c69-45(70)13-5-1-9-25-57-85(77,78)33-17-21-37-41(29-33)53-61-49(37)66-54-43-31-35(87(81,82)59-27-11-3-7-15-47(73)74)19-23-39(43)51(63-54)68-56-44-32-36(88(83,84)60-28-12-4-8-16-48(75)76)20-24-40(44)52(64-56)67-55-42-30-34(18-22-38(42)50(62-55)65-53)86(79,80)58-26-10-2-6-14-46(71)72;/h17-24,29-32,57-60H,1-16,25-28H2,(H,69,70)(H,71,72)(H,73,74)(H,75,76)(H2,61,62,63,64,65,66,67,68);/q;+2. The summed E-state index contributed by atoms with van der Waals surface area (Å²) >= 11 is 0. The van der Waals surface area contributed by atoms with Gasteiger partial charge in [-0.3, -0.25) is 19.2 Å². The van der Waals surface area contributed by atoms with Gasteiger partial charge in [0, 0.05) is 95.7 Å². The number of H-pyrrole nitrogens is 2. The van der Waals surface area contributed by atoms with E-state index in [-0.39, 0.29) is 170 Å². The maximum Gasteiger partial charge on any atom is 2.00 e. The Kier molecular flexibility index (Phi) is 21.9. The number of nitrogens with zero attached hydrogens (tertiary/aromatic N) is 6. The zero-order valence-corrected chi connectivity index (χ0v) is 54.0. The zero-order chi connectivity index (χ0) is 63.0. The van der Waals surface area contributed by atoms with Gasteiger partial charge in [0.2, 0.25) is 40.1 Å². The van der Waals surface area contributed by atoms with Crippen molar-refractivity contribution in [3.8, 4) is 45.6 Å². The van der Waals surface area contributed by atoms with E-state index < -0.39 is 64.0 Å². The topological polar surface area (TPSA) is 443 Å². The van der Waals surface area contributed by atoms with E-state index >= 15 is 0 Å². The van der Waals surface area contributed by atoms with E-state index in [0.29, 0.717) is 87.8 Å². The first kappa shape index (κ1) is 67.3. The smallest absolute Gasteiger partial charge is 0.481 e. The van der Waals surface area contributed by atoms with Crippen LogP contribution in [0.4, 0.5) is 0 Å². The Morgan fingerprint density at radius 2 is 0.584 bits per heavy atom. The number of unbranched alkanes of at least 4 members (excludes halogenated alkanes) is 8. The maximum atomic E-state index is 13.9. The molecule has 28 nitrogen and oxygen atoms in total. The van der Waals surface area contributed by atoms with E-state index in [2.05, 4.69) is 28.9 Å². The van der Waals surface area contributed by atoms with Crippen molar-refractivity contribution < 1.29 is 92.8 Å². The van der Waals surface area contributed by atoms with E-state index in [9.17, 15) is 52.8 Å². The van der Waals surface area contributed by atoms with Gasteiger partial charge in [-0.2, -0.15) is 0 Å². The molecule has 466 valence electrons. The van der Waals surface area contributed by atoms with Crippen LogP contribution in [0.2, 0.25) is 0 Å². The average Bonchev–Trinajstić information content (AvgIpc) is 1.95. The molecule has 0 saturated heterocycles. The van der Waals surface area contributed by atoms with Gasteiger partial charge >= 0.3 is 43.4 Å². The largest absolute Gasteiger partial charge is 2.00 e. The van der Waals surface area contributed by atoms with Crippen molar-refractivity contribution in [1.29, 1.82) is 0 Å². The van der Waals surface area contributed by atoms with E-state index in [1.807, 2.05) is 0 Å². The number of sulfonamides is 4. The Labute approximate surface area is 523 Å². The molecule has 2 aliphatic heterocycles. The molecule has 2 aliphatic rings. The number of aliphatic carboxylic acids is 4. The number of carboxylic acids is 4. The van der Waals surface area contributed by atoms with Crippen molar-refractivity contribution in [3.05, 3.63) is 72.8 Å². The molecule has 89 heavy (non-hydrogen) atoms. The molecule has 0 aliphatic carbocycles. The van der Waals surface area contributed by atoms with Crippen LogP contribution in [0.15, 0.2) is 92.4 Å². The van der Waals surface area contributed by atoms with Crippen LogP contribution in [0.1, 0.15) is 103 Å². The van der Waals surface area contributed by atoms with Gasteiger partial charge in [-0.25, -0.2) is 82.5 Å². The Hall–Kier alpha value is -7.62. The van der Waals surface area contributed by atoms with Gasteiger partial charge in [0.1, 0.15) is 22.6 Å². The minimum Gasteiger partial charge on any atom is -0.481 e. The minimum absolute atomic E-state index is 0. The van der Waals surface area contributed by atoms with Crippen molar-refractivity contribution in [3.63, 3.8) is 0 Å². The molecular weight excluding hydrogens is 1290 g/mol. The van der Waals surface area contributed by atoms with Crippen molar-refractivity contribution >= 4 is 108 Å². The first-order valence-corrected chi connectivity index (χ1v) is 34.1. The molecule has 10 N–H and O–H groups in total. The molecule has 0 unspecified atom stereocenters. The number of aromatic amines is 2. The van der Waals surface area contributed by atoms with Crippen LogP contribution in [0.3, 0.4) is 0 Å². The summed E-state index contributed by atoms with van der Waals surface area (Å²) in [4.78, 5) is 79.2. The van der Waals surface area contributed by atoms with E-state index in [1.165, 1.54) is 72.8 Å². The number of nitrogens with one attached hydrogen (secondary N) is 6. The molecule has 0 fully saturated rings. The van der Waals surface area contributed by atoms with Crippen molar-refractivity contribution in [2.75, 3.05) is 26.2 Å². The van der Waals surface area contributed by atoms with Gasteiger partial charge < -0.3 is 30.4 Å². The molecule has 8 bridgehead atoms. The van der Waals surface area contributed by atoms with E-state index in [0.717, 1.165) is 0 Å². The van der Waals surface area contributed by atoms with Gasteiger partial charge in [-0.1, -0.05) is 25.7 Å². The summed E-state index contributed by atoms with van der Waals surface area (Å²) in [7, 11) is -16.9. The van der Waals surface area contributed by atoms with Crippen molar-refractivity contribution in [1.82, 2.24) is 58.8 Å². The maximum absolute atomic E-state index is 13.9. The molecule has 5 heterocycles. The van der Waals surface area contributed by atoms with Crippen LogP contribution in [0.25, 0.3) is 89.7 Å². The molecule has 0 saturated carbocycles. The monoisotopic (exact) mass is 1350 g/mol. The summed E-state index contributed by atoms with van der Waals surface area (Å²) in [6, 6.07) is 16.6. The third-order valence-corrected chi connectivity index (χ3v) is 20.2. The summed E-state index contributed by atoms with van der Waals surface area (Å²) in [5.41, 5.74) is 0.987. The fourth-order valence-corrected chi connectivity index (χ4v) is 14.3. The first-order chi connectivity index (χ1) is 41.9. The quantitative estimate of drug-likeness (QED) is 0.0158. The number of fused-ring (bicyclic) bond motifs is 20. The minimum atomic E-state index is -4.22. The molecule has 0 amide bonds.